The molecular formula is C16H24N6O. The Morgan fingerprint density at radius 3 is 2.61 bits per heavy atom. The van der Waals surface area contributed by atoms with Gasteiger partial charge in [0, 0.05) is 52.2 Å². The highest BCUT2D eigenvalue weighted by molar-refractivity contribution is 5.88. The van der Waals surface area contributed by atoms with Crippen LogP contribution in [0.1, 0.15) is 0 Å². The van der Waals surface area contributed by atoms with Crippen LogP contribution in [0, 0.1) is 0 Å². The molecule has 1 aliphatic heterocycles. The van der Waals surface area contributed by atoms with Crippen molar-refractivity contribution in [2.24, 2.45) is 0 Å². The minimum atomic E-state index is 0.549. The molecule has 2 N–H and O–H groups in total. The second-order valence-corrected chi connectivity index (χ2v) is 5.90. The van der Waals surface area contributed by atoms with E-state index in [-0.39, 0.29) is 0 Å². The first-order valence-electron chi connectivity index (χ1n) is 7.93. The smallest absolute Gasteiger partial charge is 0.227 e. The van der Waals surface area contributed by atoms with Crippen molar-refractivity contribution in [1.82, 2.24) is 19.9 Å². The zero-order valence-corrected chi connectivity index (χ0v) is 13.8. The Morgan fingerprint density at radius 2 is 1.87 bits per heavy atom. The SMILES string of the molecule is CN(C)OCCN1CCN(c2nc(N)c3ccccc3n2)CC1. The Balaban J connectivity index is 1.61. The summed E-state index contributed by atoms with van der Waals surface area (Å²) in [4.78, 5) is 19.2. The van der Waals surface area contributed by atoms with Crippen LogP contribution < -0.4 is 10.6 Å². The van der Waals surface area contributed by atoms with Crippen LogP contribution in [0.25, 0.3) is 10.9 Å². The van der Waals surface area contributed by atoms with E-state index in [4.69, 9.17) is 10.6 Å². The lowest BCUT2D eigenvalue weighted by Gasteiger charge is -2.34. The van der Waals surface area contributed by atoms with Crippen molar-refractivity contribution < 1.29 is 4.84 Å². The maximum Gasteiger partial charge on any atom is 0.227 e. The van der Waals surface area contributed by atoms with Gasteiger partial charge >= 0.3 is 0 Å². The summed E-state index contributed by atoms with van der Waals surface area (Å²) >= 11 is 0. The second-order valence-electron chi connectivity index (χ2n) is 5.90. The van der Waals surface area contributed by atoms with E-state index in [1.807, 2.05) is 38.4 Å². The largest absolute Gasteiger partial charge is 0.383 e. The van der Waals surface area contributed by atoms with Crippen LogP contribution in [0.15, 0.2) is 24.3 Å². The Labute approximate surface area is 136 Å². The number of hydroxylamine groups is 2. The molecule has 0 aliphatic carbocycles. The fraction of sp³-hybridized carbons (Fsp3) is 0.500. The molecule has 0 spiro atoms. The highest BCUT2D eigenvalue weighted by Crippen LogP contribution is 2.21. The van der Waals surface area contributed by atoms with E-state index in [1.165, 1.54) is 0 Å². The highest BCUT2D eigenvalue weighted by Gasteiger charge is 2.19. The number of para-hydroxylation sites is 1. The minimum Gasteiger partial charge on any atom is -0.383 e. The molecule has 0 radical (unpaired) electrons. The number of nitrogen functional groups attached to an aromatic ring is 1. The van der Waals surface area contributed by atoms with Gasteiger partial charge in [-0.25, -0.2) is 4.98 Å². The number of hydrogen-bond donors (Lipinski definition) is 1. The van der Waals surface area contributed by atoms with Gasteiger partial charge in [-0.2, -0.15) is 10.0 Å². The Morgan fingerprint density at radius 1 is 1.13 bits per heavy atom. The molecule has 7 heteroatoms. The highest BCUT2D eigenvalue weighted by atomic mass is 16.7. The monoisotopic (exact) mass is 316 g/mol. The molecule has 1 aliphatic rings. The molecule has 23 heavy (non-hydrogen) atoms. The predicted octanol–water partition coefficient (Wildman–Crippen LogP) is 0.827. The van der Waals surface area contributed by atoms with Crippen LogP contribution in [0.5, 0.6) is 0 Å². The number of benzene rings is 1. The molecule has 1 aromatic heterocycles. The lowest BCUT2D eigenvalue weighted by Crippen LogP contribution is -2.48. The molecule has 0 amide bonds. The van der Waals surface area contributed by atoms with Crippen LogP contribution in [0.4, 0.5) is 11.8 Å². The molecular weight excluding hydrogens is 292 g/mol. The van der Waals surface area contributed by atoms with E-state index in [1.54, 1.807) is 5.06 Å². The number of piperazine rings is 1. The van der Waals surface area contributed by atoms with E-state index < -0.39 is 0 Å². The molecule has 0 atom stereocenters. The van der Waals surface area contributed by atoms with Gasteiger partial charge in [-0.3, -0.25) is 9.74 Å². The molecule has 0 bridgehead atoms. The van der Waals surface area contributed by atoms with Crippen molar-refractivity contribution in [3.8, 4) is 0 Å². The van der Waals surface area contributed by atoms with E-state index in [9.17, 15) is 0 Å². The minimum absolute atomic E-state index is 0.549. The second kappa shape index (κ2) is 7.08. The van der Waals surface area contributed by atoms with Gasteiger partial charge in [0.05, 0.1) is 12.1 Å². The number of rotatable bonds is 5. The molecule has 1 saturated heterocycles. The third-order valence-corrected chi connectivity index (χ3v) is 4.03. The van der Waals surface area contributed by atoms with Crippen LogP contribution in [-0.2, 0) is 4.84 Å². The van der Waals surface area contributed by atoms with E-state index in [0.29, 0.717) is 12.4 Å². The van der Waals surface area contributed by atoms with Crippen molar-refractivity contribution in [2.45, 2.75) is 0 Å². The van der Waals surface area contributed by atoms with E-state index in [0.717, 1.165) is 49.6 Å². The molecule has 3 rings (SSSR count). The topological polar surface area (TPSA) is 70.8 Å². The molecule has 2 heterocycles. The summed E-state index contributed by atoms with van der Waals surface area (Å²) in [5.74, 6) is 1.28. The van der Waals surface area contributed by atoms with Crippen LogP contribution in [-0.4, -0.2) is 73.4 Å². The quantitative estimate of drug-likeness (QED) is 0.819. The molecule has 0 unspecified atom stereocenters. The number of fused-ring (bicyclic) bond motifs is 1. The third-order valence-electron chi connectivity index (χ3n) is 4.03. The Bertz CT molecular complexity index is 654. The first-order chi connectivity index (χ1) is 11.1. The molecule has 2 aromatic rings. The Kier molecular flexibility index (Phi) is 4.90. The number of hydrogen-bond acceptors (Lipinski definition) is 7. The van der Waals surface area contributed by atoms with Crippen molar-refractivity contribution >= 4 is 22.7 Å². The van der Waals surface area contributed by atoms with Crippen molar-refractivity contribution in [3.05, 3.63) is 24.3 Å². The number of nitrogens with two attached hydrogens (primary N) is 1. The lowest BCUT2D eigenvalue weighted by atomic mass is 10.2. The van der Waals surface area contributed by atoms with Crippen molar-refractivity contribution in [3.63, 3.8) is 0 Å². The summed E-state index contributed by atoms with van der Waals surface area (Å²) in [6, 6.07) is 7.86. The standard InChI is InChI=1S/C16H24N6O/c1-20(2)23-12-11-21-7-9-22(10-8-21)16-18-14-6-4-3-5-13(14)15(17)19-16/h3-6H,7-12H2,1-2H3,(H2,17,18,19). The lowest BCUT2D eigenvalue weighted by molar-refractivity contribution is -0.123. The van der Waals surface area contributed by atoms with Crippen molar-refractivity contribution in [1.29, 1.82) is 0 Å². The van der Waals surface area contributed by atoms with Gasteiger partial charge in [0.25, 0.3) is 0 Å². The third kappa shape index (κ3) is 3.87. The van der Waals surface area contributed by atoms with Gasteiger partial charge in [-0.15, -0.1) is 0 Å². The maximum atomic E-state index is 6.08. The molecule has 1 fully saturated rings. The fourth-order valence-electron chi connectivity index (χ4n) is 2.75. The van der Waals surface area contributed by atoms with Gasteiger partial charge in [0.15, 0.2) is 0 Å². The number of anilines is 2. The van der Waals surface area contributed by atoms with Gasteiger partial charge in [-0.05, 0) is 12.1 Å². The average Bonchev–Trinajstić information content (AvgIpc) is 2.55. The summed E-state index contributed by atoms with van der Waals surface area (Å²) in [6.07, 6.45) is 0. The number of nitrogens with zero attached hydrogens (tertiary/aromatic N) is 5. The zero-order valence-electron chi connectivity index (χ0n) is 13.8. The molecule has 124 valence electrons. The van der Waals surface area contributed by atoms with Crippen molar-refractivity contribution in [2.75, 3.05) is 64.1 Å². The first-order valence-corrected chi connectivity index (χ1v) is 7.93. The zero-order chi connectivity index (χ0) is 16.2. The van der Waals surface area contributed by atoms with E-state index >= 15 is 0 Å². The molecule has 7 nitrogen and oxygen atoms in total. The summed E-state index contributed by atoms with van der Waals surface area (Å²) < 4.78 is 0. The van der Waals surface area contributed by atoms with Crippen LogP contribution in [0.3, 0.4) is 0 Å². The summed E-state index contributed by atoms with van der Waals surface area (Å²) in [6.45, 7) is 5.42. The maximum absolute atomic E-state index is 6.08. The Hall–Kier alpha value is -1.96. The summed E-state index contributed by atoms with van der Waals surface area (Å²) in [5.41, 5.74) is 6.98. The fourth-order valence-corrected chi connectivity index (χ4v) is 2.75. The average molecular weight is 316 g/mol. The van der Waals surface area contributed by atoms with E-state index in [2.05, 4.69) is 19.8 Å². The predicted molar refractivity (Wildman–Crippen MR) is 92.2 cm³/mol. The molecule has 0 saturated carbocycles. The van der Waals surface area contributed by atoms with Gasteiger partial charge in [0.1, 0.15) is 5.82 Å². The van der Waals surface area contributed by atoms with Crippen LogP contribution in [0.2, 0.25) is 0 Å². The summed E-state index contributed by atoms with van der Waals surface area (Å²) in [5, 5.41) is 2.65. The summed E-state index contributed by atoms with van der Waals surface area (Å²) in [7, 11) is 3.80. The van der Waals surface area contributed by atoms with Gasteiger partial charge < -0.3 is 10.6 Å². The normalized spacial score (nSPS) is 16.4. The van der Waals surface area contributed by atoms with Gasteiger partial charge in [0.2, 0.25) is 5.95 Å². The van der Waals surface area contributed by atoms with Gasteiger partial charge in [-0.1, -0.05) is 12.1 Å². The number of aromatic nitrogens is 2. The first kappa shape index (κ1) is 15.9. The van der Waals surface area contributed by atoms with Crippen LogP contribution >= 0.6 is 0 Å². The molecule has 1 aromatic carbocycles.